The number of hydrogen-bond donors (Lipinski definition) is 1. The van der Waals surface area contributed by atoms with Gasteiger partial charge in [0.2, 0.25) is 0 Å². The van der Waals surface area contributed by atoms with Crippen LogP contribution in [0.1, 0.15) is 71.8 Å². The van der Waals surface area contributed by atoms with Crippen molar-refractivity contribution in [1.82, 2.24) is 4.57 Å². The van der Waals surface area contributed by atoms with Gasteiger partial charge in [-0.2, -0.15) is 0 Å². The van der Waals surface area contributed by atoms with Crippen LogP contribution in [-0.2, 0) is 6.54 Å². The number of hydrogen-bond acceptors (Lipinski definition) is 4. The smallest absolute Gasteiger partial charge is 0.162 e. The van der Waals surface area contributed by atoms with Gasteiger partial charge in [0.15, 0.2) is 3.95 Å². The Balaban J connectivity index is 0.00000334. The van der Waals surface area contributed by atoms with Crippen LogP contribution in [0.15, 0.2) is 89.6 Å². The third-order valence-corrected chi connectivity index (χ3v) is 6.88. The maximum absolute atomic E-state index is 6.21. The lowest BCUT2D eigenvalue weighted by molar-refractivity contribution is 0.544. The molecule has 0 amide bonds. The number of rotatable bonds is 12. The highest BCUT2D eigenvalue weighted by molar-refractivity contribution is 7.73. The molecule has 2 aromatic heterocycles. The van der Waals surface area contributed by atoms with E-state index in [4.69, 9.17) is 22.4 Å². The lowest BCUT2D eigenvalue weighted by atomic mass is 9.99. The van der Waals surface area contributed by atoms with Crippen molar-refractivity contribution in [3.05, 3.63) is 111 Å². The predicted octanol–water partition coefficient (Wildman–Crippen LogP) is 8.36. The van der Waals surface area contributed by atoms with Crippen LogP contribution in [0, 0.1) is 3.95 Å². The Bertz CT molecular complexity index is 1370. The van der Waals surface area contributed by atoms with Gasteiger partial charge in [0.05, 0.1) is 4.53 Å². The molecule has 0 saturated heterocycles. The van der Waals surface area contributed by atoms with Crippen LogP contribution in [0.4, 0.5) is 0 Å². The van der Waals surface area contributed by atoms with Gasteiger partial charge < -0.3 is 14.7 Å². The monoisotopic (exact) mass is 534 g/mol. The first-order chi connectivity index (χ1) is 17.9. The molecule has 3 nitrogen and oxygen atoms in total. The van der Waals surface area contributed by atoms with E-state index in [2.05, 4.69) is 61.3 Å². The van der Waals surface area contributed by atoms with Gasteiger partial charge in [0.25, 0.3) is 0 Å². The third-order valence-electron chi connectivity index (χ3n) is 5.49. The van der Waals surface area contributed by atoms with Crippen molar-refractivity contribution in [3.63, 3.8) is 0 Å². The molecule has 0 radical (unpaired) electrons. The molecule has 2 heterocycles. The first-order valence-corrected chi connectivity index (χ1v) is 14.1. The Morgan fingerprint density at radius 1 is 1.24 bits per heavy atom. The molecule has 0 atom stereocenters. The lowest BCUT2D eigenvalue weighted by Gasteiger charge is -2.07. The zero-order chi connectivity index (χ0) is 27.8. The Kier molecular flexibility index (Phi) is 15.0. The molecular formula is C32H42N2OS2. The highest BCUT2D eigenvalue weighted by Gasteiger charge is 2.08. The number of aromatic nitrogens is 1. The first-order valence-electron chi connectivity index (χ1n) is 12.9. The van der Waals surface area contributed by atoms with E-state index < -0.39 is 0 Å². The minimum absolute atomic E-state index is 0.715. The Morgan fingerprint density at radius 3 is 2.54 bits per heavy atom. The molecule has 0 bridgehead atoms. The van der Waals surface area contributed by atoms with E-state index in [1.807, 2.05) is 58.1 Å². The van der Waals surface area contributed by atoms with E-state index in [0.29, 0.717) is 5.70 Å². The maximum atomic E-state index is 6.21. The van der Waals surface area contributed by atoms with E-state index in [0.717, 1.165) is 68.7 Å². The molecule has 5 heteroatoms. The van der Waals surface area contributed by atoms with E-state index in [1.54, 1.807) is 11.3 Å². The van der Waals surface area contributed by atoms with E-state index in [-0.39, 0.29) is 0 Å². The molecule has 2 N–H and O–H groups in total. The lowest BCUT2D eigenvalue weighted by Crippen LogP contribution is -2.27. The van der Waals surface area contributed by atoms with E-state index in [9.17, 15) is 0 Å². The molecule has 0 spiro atoms. The van der Waals surface area contributed by atoms with Crippen molar-refractivity contribution >= 4 is 40.9 Å². The number of furan rings is 1. The Morgan fingerprint density at radius 2 is 1.97 bits per heavy atom. The molecular weight excluding hydrogens is 492 g/mol. The summed E-state index contributed by atoms with van der Waals surface area (Å²) in [5, 5.41) is 0.895. The third kappa shape index (κ3) is 9.70. The van der Waals surface area contributed by atoms with Crippen molar-refractivity contribution in [2.75, 3.05) is 0 Å². The topological polar surface area (TPSA) is 44.1 Å². The largest absolute Gasteiger partial charge is 0.457 e. The normalized spacial score (nSPS) is 12.9. The fourth-order valence-corrected chi connectivity index (χ4v) is 5.01. The van der Waals surface area contributed by atoms with Gasteiger partial charge in [-0.15, -0.1) is 17.1 Å². The van der Waals surface area contributed by atoms with Crippen molar-refractivity contribution in [2.24, 2.45) is 5.73 Å². The first kappa shape index (κ1) is 31.9. The molecule has 0 aromatic carbocycles. The minimum Gasteiger partial charge on any atom is -0.457 e. The number of unbranched alkanes of at least 4 members (excludes halogenated alkanes) is 1. The summed E-state index contributed by atoms with van der Waals surface area (Å²) >= 11 is 7.16. The number of nitrogens with two attached hydrogens (primary N) is 1. The van der Waals surface area contributed by atoms with Gasteiger partial charge >= 0.3 is 0 Å². The summed E-state index contributed by atoms with van der Waals surface area (Å²) in [6.07, 6.45) is 17.9. The average molecular weight is 535 g/mol. The Labute approximate surface area is 232 Å². The van der Waals surface area contributed by atoms with Crippen LogP contribution in [0.5, 0.6) is 0 Å². The van der Waals surface area contributed by atoms with Crippen LogP contribution in [0.25, 0.3) is 17.4 Å². The summed E-state index contributed by atoms with van der Waals surface area (Å²) in [6.45, 7) is 22.6. The zero-order valence-corrected chi connectivity index (χ0v) is 24.7. The molecule has 2 rings (SSSR count). The number of allylic oxidation sites excluding steroid dienone is 10. The Hall–Kier alpha value is -3.11. The minimum atomic E-state index is 0.715. The molecule has 0 fully saturated rings. The predicted molar refractivity (Wildman–Crippen MR) is 167 cm³/mol. The quantitative estimate of drug-likeness (QED) is 0.169. The van der Waals surface area contributed by atoms with E-state index >= 15 is 0 Å². The van der Waals surface area contributed by atoms with Gasteiger partial charge in [0.1, 0.15) is 16.9 Å². The van der Waals surface area contributed by atoms with Crippen LogP contribution >= 0.6 is 23.6 Å². The second-order valence-electron chi connectivity index (χ2n) is 7.99. The number of nitrogens with zero attached hydrogens (tertiary/aromatic N) is 1. The van der Waals surface area contributed by atoms with Crippen LogP contribution in [0.2, 0.25) is 0 Å². The SMILES string of the molecule is C=C=c1/c(=C\c2ccc(C(/C=C(C=C)/C(=C/C=C\C)CC)=C/C)o2)sc(=S)n1CCCCC(=C)N.CC. The summed E-state index contributed by atoms with van der Waals surface area (Å²) in [5.74, 6) is 1.56. The second-order valence-corrected chi connectivity index (χ2v) is 9.67. The summed E-state index contributed by atoms with van der Waals surface area (Å²) in [5.41, 5.74) is 12.8. The summed E-state index contributed by atoms with van der Waals surface area (Å²) in [6, 6.07) is 3.97. The van der Waals surface area contributed by atoms with Crippen LogP contribution < -0.4 is 15.6 Å². The molecule has 0 aliphatic carbocycles. The number of thiazole rings is 1. The fraction of sp³-hybridized carbons (Fsp3) is 0.312. The van der Waals surface area contributed by atoms with Gasteiger partial charge in [0, 0.05) is 23.9 Å². The fourth-order valence-electron chi connectivity index (χ4n) is 3.62. The van der Waals surface area contributed by atoms with Gasteiger partial charge in [-0.05, 0) is 81.1 Å². The highest BCUT2D eigenvalue weighted by Crippen LogP contribution is 2.25. The standard InChI is InChI=1S/C30H36N2OS2.C2H6/c1-7-12-16-23(8-2)24(9-3)20-25(10-4)28-18-17-26(33-28)21-29-27(11-5)32(30(34)35-29)19-14-13-15-22(6)31;1-2/h7,9-10,12,16-18,20-21H,3,5-6,8,13-15,19,31H2,1-2,4H3;1-2H3/b12-7-,23-16+,24-20+,25-10+,29-21+;. The molecule has 0 aliphatic heterocycles. The molecule has 0 aliphatic rings. The zero-order valence-electron chi connectivity index (χ0n) is 23.1. The maximum Gasteiger partial charge on any atom is 0.162 e. The van der Waals surface area contributed by atoms with E-state index in [1.165, 1.54) is 5.57 Å². The van der Waals surface area contributed by atoms with Gasteiger partial charge in [-0.25, -0.2) is 0 Å². The average Bonchev–Trinajstić information content (AvgIpc) is 3.48. The summed E-state index contributed by atoms with van der Waals surface area (Å²) in [7, 11) is 0. The molecule has 37 heavy (non-hydrogen) atoms. The van der Waals surface area contributed by atoms with Crippen molar-refractivity contribution in [3.8, 4) is 0 Å². The van der Waals surface area contributed by atoms with Gasteiger partial charge in [-0.1, -0.05) is 70.9 Å². The second kappa shape index (κ2) is 17.4. The molecule has 2 aromatic rings. The van der Waals surface area contributed by atoms with Crippen molar-refractivity contribution < 1.29 is 4.42 Å². The molecule has 0 unspecified atom stereocenters. The molecule has 198 valence electrons. The van der Waals surface area contributed by atoms with Crippen LogP contribution in [0.3, 0.4) is 0 Å². The van der Waals surface area contributed by atoms with Crippen LogP contribution in [-0.4, -0.2) is 4.57 Å². The summed E-state index contributed by atoms with van der Waals surface area (Å²) in [4.78, 5) is 0. The molecule has 0 saturated carbocycles. The summed E-state index contributed by atoms with van der Waals surface area (Å²) < 4.78 is 10.1. The van der Waals surface area contributed by atoms with Crippen molar-refractivity contribution in [2.45, 2.75) is 66.8 Å². The van der Waals surface area contributed by atoms with Gasteiger partial charge in [-0.3, -0.25) is 0 Å². The van der Waals surface area contributed by atoms with Crippen molar-refractivity contribution in [1.29, 1.82) is 0 Å². The highest BCUT2D eigenvalue weighted by atomic mass is 32.1.